The second-order valence-corrected chi connectivity index (χ2v) is 13.7. The molecule has 246 valence electrons. The summed E-state index contributed by atoms with van der Waals surface area (Å²) >= 11 is 0. The van der Waals surface area contributed by atoms with Crippen molar-refractivity contribution in [1.82, 2.24) is 19.1 Å². The van der Waals surface area contributed by atoms with Gasteiger partial charge in [0, 0.05) is 44.0 Å². The number of rotatable bonds is 3. The van der Waals surface area contributed by atoms with Crippen LogP contribution in [0.3, 0.4) is 0 Å². The Bertz CT molecular complexity index is 3300. The summed E-state index contributed by atoms with van der Waals surface area (Å²) in [6.45, 7) is 0. The average molecular weight is 677 g/mol. The third-order valence-electron chi connectivity index (χ3n) is 10.9. The van der Waals surface area contributed by atoms with Crippen LogP contribution in [0.2, 0.25) is 0 Å². The first-order chi connectivity index (χ1) is 26.3. The maximum atomic E-state index is 6.25. The molecular weight excluding hydrogens is 649 g/mol. The third-order valence-corrected chi connectivity index (χ3v) is 10.9. The van der Waals surface area contributed by atoms with E-state index in [9.17, 15) is 0 Å². The van der Waals surface area contributed by atoms with Crippen LogP contribution in [-0.4, -0.2) is 19.1 Å². The maximum absolute atomic E-state index is 6.25. The summed E-state index contributed by atoms with van der Waals surface area (Å²) in [5, 5.41) is 8.43. The van der Waals surface area contributed by atoms with Crippen molar-refractivity contribution in [2.45, 2.75) is 0 Å². The minimum absolute atomic E-state index is 0.688. The van der Waals surface area contributed by atoms with Crippen molar-refractivity contribution in [1.29, 1.82) is 0 Å². The molecule has 3 aromatic heterocycles. The van der Waals surface area contributed by atoms with Gasteiger partial charge in [-0.25, -0.2) is 9.97 Å². The Morgan fingerprint density at radius 1 is 0.396 bits per heavy atom. The summed E-state index contributed by atoms with van der Waals surface area (Å²) < 4.78 is 11.2. The number of fused-ring (bicyclic) bond motifs is 12. The van der Waals surface area contributed by atoms with E-state index < -0.39 is 0 Å². The van der Waals surface area contributed by atoms with Crippen molar-refractivity contribution >= 4 is 65.3 Å². The van der Waals surface area contributed by atoms with Gasteiger partial charge >= 0.3 is 0 Å². The molecule has 0 amide bonds. The van der Waals surface area contributed by atoms with Gasteiger partial charge in [0.2, 0.25) is 0 Å². The van der Waals surface area contributed by atoms with E-state index >= 15 is 0 Å². The standard InChI is InChI=1S/C48H28N4O/c1-2-13-30(14-3-1)51-38-21-9-6-17-34(38)42-32-15-4-5-16-33(32)43-35-18-7-10-22-39(35)52(47(43)46(42)51)31-27-25-29(26-28-31)48-49-37-20-12-24-41-44(37)45(50-48)36-19-8-11-23-40(36)53-41/h1-28H. The fourth-order valence-corrected chi connectivity index (χ4v) is 8.70. The lowest BCUT2D eigenvalue weighted by Crippen LogP contribution is -2.02. The van der Waals surface area contributed by atoms with Gasteiger partial charge in [-0.05, 0) is 83.6 Å². The minimum atomic E-state index is 0.688. The molecule has 1 aliphatic rings. The molecule has 11 aromatic rings. The Labute approximate surface area is 303 Å². The molecular formula is C48H28N4O. The van der Waals surface area contributed by atoms with Crippen molar-refractivity contribution in [2.24, 2.45) is 0 Å². The average Bonchev–Trinajstić information content (AvgIpc) is 3.75. The first-order valence-electron chi connectivity index (χ1n) is 17.9. The van der Waals surface area contributed by atoms with Crippen molar-refractivity contribution in [3.63, 3.8) is 0 Å². The summed E-state index contributed by atoms with van der Waals surface area (Å²) in [6, 6.07) is 60.1. The quantitative estimate of drug-likeness (QED) is 0.187. The summed E-state index contributed by atoms with van der Waals surface area (Å²) in [4.78, 5) is 10.2. The summed E-state index contributed by atoms with van der Waals surface area (Å²) in [7, 11) is 0. The summed E-state index contributed by atoms with van der Waals surface area (Å²) in [5.41, 5.74) is 10.6. The maximum Gasteiger partial charge on any atom is 0.160 e. The smallest absolute Gasteiger partial charge is 0.160 e. The normalized spacial score (nSPS) is 12.3. The van der Waals surface area contributed by atoms with Gasteiger partial charge in [-0.15, -0.1) is 0 Å². The van der Waals surface area contributed by atoms with Crippen molar-refractivity contribution < 1.29 is 4.74 Å². The Kier molecular flexibility index (Phi) is 5.71. The predicted octanol–water partition coefficient (Wildman–Crippen LogP) is 12.4. The second-order valence-electron chi connectivity index (χ2n) is 13.7. The van der Waals surface area contributed by atoms with Gasteiger partial charge < -0.3 is 13.9 Å². The second kappa shape index (κ2) is 10.6. The van der Waals surface area contributed by atoms with Crippen LogP contribution in [0, 0.1) is 0 Å². The highest BCUT2D eigenvalue weighted by Crippen LogP contribution is 2.48. The Hall–Kier alpha value is -7.24. The zero-order valence-electron chi connectivity index (χ0n) is 28.4. The summed E-state index contributed by atoms with van der Waals surface area (Å²) in [6.07, 6.45) is 0. The lowest BCUT2D eigenvalue weighted by atomic mass is 9.98. The predicted molar refractivity (Wildman–Crippen MR) is 217 cm³/mol. The summed E-state index contributed by atoms with van der Waals surface area (Å²) in [5.74, 6) is 2.29. The van der Waals surface area contributed by atoms with Crippen LogP contribution in [0.5, 0.6) is 11.5 Å². The molecule has 5 nitrogen and oxygen atoms in total. The van der Waals surface area contributed by atoms with E-state index in [0.29, 0.717) is 5.82 Å². The topological polar surface area (TPSA) is 44.9 Å². The van der Waals surface area contributed by atoms with Crippen molar-refractivity contribution in [2.75, 3.05) is 0 Å². The highest BCUT2D eigenvalue weighted by molar-refractivity contribution is 6.36. The minimum Gasteiger partial charge on any atom is -0.456 e. The van der Waals surface area contributed by atoms with Crippen LogP contribution >= 0.6 is 0 Å². The first-order valence-corrected chi connectivity index (χ1v) is 17.9. The Morgan fingerprint density at radius 2 is 0.943 bits per heavy atom. The number of hydrogen-bond acceptors (Lipinski definition) is 3. The van der Waals surface area contributed by atoms with E-state index in [2.05, 4.69) is 143 Å². The van der Waals surface area contributed by atoms with Crippen LogP contribution < -0.4 is 4.74 Å². The molecule has 0 N–H and O–H groups in total. The lowest BCUT2D eigenvalue weighted by Gasteiger charge is -2.20. The van der Waals surface area contributed by atoms with Crippen molar-refractivity contribution in [3.8, 4) is 45.5 Å². The van der Waals surface area contributed by atoms with Gasteiger partial charge in [0.1, 0.15) is 11.5 Å². The fourth-order valence-electron chi connectivity index (χ4n) is 8.70. The molecule has 8 aromatic carbocycles. The largest absolute Gasteiger partial charge is 0.456 e. The van der Waals surface area contributed by atoms with Crippen LogP contribution in [0.25, 0.3) is 99.3 Å². The molecule has 1 aliphatic heterocycles. The fraction of sp³-hybridized carbons (Fsp3) is 0. The Balaban J connectivity index is 1.16. The van der Waals surface area contributed by atoms with Crippen LogP contribution in [0.15, 0.2) is 170 Å². The molecule has 0 saturated heterocycles. The van der Waals surface area contributed by atoms with E-state index in [1.165, 1.54) is 48.9 Å². The SMILES string of the molecule is c1ccc(-n2c3ccccc3c3c4ccccc4c4c5ccccc5n(-c5ccc(-c6nc7c8c(cccc8n6)Oc6ccccc6-7)cc5)c4c32)cc1. The molecule has 0 aliphatic carbocycles. The van der Waals surface area contributed by atoms with E-state index in [-0.39, 0.29) is 0 Å². The number of hydrogen-bond donors (Lipinski definition) is 0. The first kappa shape index (κ1) is 28.5. The van der Waals surface area contributed by atoms with Gasteiger partial charge in [0.25, 0.3) is 0 Å². The molecule has 0 atom stereocenters. The van der Waals surface area contributed by atoms with Gasteiger partial charge in [-0.2, -0.15) is 0 Å². The highest BCUT2D eigenvalue weighted by atomic mass is 16.5. The molecule has 0 spiro atoms. The molecule has 0 unspecified atom stereocenters. The molecule has 0 radical (unpaired) electrons. The number of aromatic nitrogens is 4. The molecule has 53 heavy (non-hydrogen) atoms. The Morgan fingerprint density at radius 3 is 1.62 bits per heavy atom. The number of nitrogens with zero attached hydrogens (tertiary/aromatic N) is 4. The molecule has 0 saturated carbocycles. The molecule has 5 heteroatoms. The number of ether oxygens (including phenoxy) is 1. The zero-order chi connectivity index (χ0) is 34.6. The van der Waals surface area contributed by atoms with Crippen molar-refractivity contribution in [3.05, 3.63) is 170 Å². The molecule has 4 heterocycles. The van der Waals surface area contributed by atoms with E-state index in [4.69, 9.17) is 14.7 Å². The lowest BCUT2D eigenvalue weighted by molar-refractivity contribution is 0.486. The molecule has 0 fully saturated rings. The number of benzene rings is 8. The van der Waals surface area contributed by atoms with E-state index in [1.807, 2.05) is 36.4 Å². The highest BCUT2D eigenvalue weighted by Gasteiger charge is 2.26. The van der Waals surface area contributed by atoms with Crippen LogP contribution in [-0.2, 0) is 0 Å². The third kappa shape index (κ3) is 3.91. The van der Waals surface area contributed by atoms with Crippen LogP contribution in [0.1, 0.15) is 0 Å². The molecule has 0 bridgehead atoms. The number of para-hydroxylation sites is 4. The van der Waals surface area contributed by atoms with Crippen LogP contribution in [0.4, 0.5) is 0 Å². The van der Waals surface area contributed by atoms with E-state index in [1.54, 1.807) is 0 Å². The molecule has 12 rings (SSSR count). The van der Waals surface area contributed by atoms with Gasteiger partial charge in [0.05, 0.1) is 38.7 Å². The van der Waals surface area contributed by atoms with Gasteiger partial charge in [0.15, 0.2) is 5.82 Å². The monoisotopic (exact) mass is 676 g/mol. The van der Waals surface area contributed by atoms with Gasteiger partial charge in [-0.3, -0.25) is 0 Å². The van der Waals surface area contributed by atoms with E-state index in [0.717, 1.165) is 56.1 Å². The zero-order valence-corrected chi connectivity index (χ0v) is 28.4. The van der Waals surface area contributed by atoms with Gasteiger partial charge in [-0.1, -0.05) is 97.1 Å².